The van der Waals surface area contributed by atoms with Gasteiger partial charge in [-0.15, -0.1) is 6.42 Å². The highest BCUT2D eigenvalue weighted by atomic mass is 19.1. The van der Waals surface area contributed by atoms with Gasteiger partial charge in [0.15, 0.2) is 0 Å². The maximum absolute atomic E-state index is 13.0. The predicted molar refractivity (Wildman–Crippen MR) is 46.9 cm³/mol. The van der Waals surface area contributed by atoms with Crippen molar-refractivity contribution in [1.29, 1.82) is 0 Å². The second kappa shape index (κ2) is 3.89. The van der Waals surface area contributed by atoms with Gasteiger partial charge < -0.3 is 5.73 Å². The summed E-state index contributed by atoms with van der Waals surface area (Å²) in [6.45, 7) is 0. The fourth-order valence-corrected chi connectivity index (χ4v) is 0.960. The fraction of sp³-hybridized carbons (Fsp3) is 0.200. The van der Waals surface area contributed by atoms with Gasteiger partial charge in [0.2, 0.25) is 0 Å². The molecule has 1 aromatic carbocycles. The van der Waals surface area contributed by atoms with Crippen molar-refractivity contribution in [3.8, 4) is 12.3 Å². The number of hydrogen-bond donors (Lipinski definition) is 1. The summed E-state index contributed by atoms with van der Waals surface area (Å²) in [6, 6.07) is 6.09. The van der Waals surface area contributed by atoms with E-state index in [4.69, 9.17) is 12.2 Å². The largest absolute Gasteiger partial charge is 0.317 e. The first-order chi connectivity index (χ1) is 5.74. The Hall–Kier alpha value is -1.33. The Morgan fingerprint density at radius 3 is 2.75 bits per heavy atom. The van der Waals surface area contributed by atoms with E-state index >= 15 is 0 Å². The predicted octanol–water partition coefficient (Wildman–Crippen LogP) is 1.33. The highest BCUT2D eigenvalue weighted by Gasteiger charge is 2.03. The standard InChI is InChI=1S/C10H10FN/c1-2-9(12)7-8-5-3-4-6-10(8)11/h1,3-6,9H,7,12H2. The Labute approximate surface area is 71.4 Å². The van der Waals surface area contributed by atoms with E-state index in [1.165, 1.54) is 6.07 Å². The molecule has 1 unspecified atom stereocenters. The van der Waals surface area contributed by atoms with Crippen LogP contribution >= 0.6 is 0 Å². The third-order valence-corrected chi connectivity index (χ3v) is 1.61. The molecule has 0 spiro atoms. The van der Waals surface area contributed by atoms with Crippen LogP contribution in [-0.4, -0.2) is 6.04 Å². The number of rotatable bonds is 2. The molecular weight excluding hydrogens is 153 g/mol. The van der Waals surface area contributed by atoms with Crippen LogP contribution < -0.4 is 5.73 Å². The third-order valence-electron chi connectivity index (χ3n) is 1.61. The summed E-state index contributed by atoms with van der Waals surface area (Å²) in [4.78, 5) is 0. The van der Waals surface area contributed by atoms with E-state index in [1.54, 1.807) is 18.2 Å². The second-order valence-electron chi connectivity index (χ2n) is 2.57. The van der Waals surface area contributed by atoms with E-state index in [1.807, 2.05) is 0 Å². The summed E-state index contributed by atoms with van der Waals surface area (Å²) in [5.41, 5.74) is 6.04. The zero-order valence-electron chi connectivity index (χ0n) is 6.63. The lowest BCUT2D eigenvalue weighted by Crippen LogP contribution is -2.20. The van der Waals surface area contributed by atoms with E-state index in [0.717, 1.165) is 0 Å². The minimum atomic E-state index is -0.401. The van der Waals surface area contributed by atoms with E-state index < -0.39 is 6.04 Å². The Morgan fingerprint density at radius 1 is 1.50 bits per heavy atom. The van der Waals surface area contributed by atoms with Crippen LogP contribution in [0.1, 0.15) is 5.56 Å². The Kier molecular flexibility index (Phi) is 2.84. The lowest BCUT2D eigenvalue weighted by atomic mass is 10.1. The molecule has 1 aromatic rings. The molecule has 1 rings (SSSR count). The van der Waals surface area contributed by atoms with Crippen molar-refractivity contribution in [2.45, 2.75) is 12.5 Å². The highest BCUT2D eigenvalue weighted by Crippen LogP contribution is 2.07. The summed E-state index contributed by atoms with van der Waals surface area (Å²) in [6.07, 6.45) is 5.46. The summed E-state index contributed by atoms with van der Waals surface area (Å²) in [7, 11) is 0. The van der Waals surface area contributed by atoms with Crippen molar-refractivity contribution in [2.24, 2.45) is 5.73 Å². The van der Waals surface area contributed by atoms with Gasteiger partial charge in [-0.05, 0) is 11.6 Å². The summed E-state index contributed by atoms with van der Waals surface area (Å²) in [5.74, 6) is 2.10. The topological polar surface area (TPSA) is 26.0 Å². The van der Waals surface area contributed by atoms with Crippen molar-refractivity contribution >= 4 is 0 Å². The zero-order chi connectivity index (χ0) is 8.97. The van der Waals surface area contributed by atoms with Crippen LogP contribution in [0.15, 0.2) is 24.3 Å². The van der Waals surface area contributed by atoms with Crippen molar-refractivity contribution in [3.05, 3.63) is 35.6 Å². The van der Waals surface area contributed by atoms with E-state index in [-0.39, 0.29) is 5.82 Å². The number of hydrogen-bond acceptors (Lipinski definition) is 1. The van der Waals surface area contributed by atoms with Gasteiger partial charge in [0.25, 0.3) is 0 Å². The molecule has 0 aliphatic carbocycles. The van der Waals surface area contributed by atoms with Crippen LogP contribution in [0.5, 0.6) is 0 Å². The van der Waals surface area contributed by atoms with E-state index in [9.17, 15) is 4.39 Å². The minimum Gasteiger partial charge on any atom is -0.317 e. The third kappa shape index (κ3) is 2.08. The van der Waals surface area contributed by atoms with Crippen LogP contribution in [-0.2, 0) is 6.42 Å². The maximum atomic E-state index is 13.0. The molecule has 0 aliphatic rings. The van der Waals surface area contributed by atoms with Gasteiger partial charge in [-0.25, -0.2) is 4.39 Å². The van der Waals surface area contributed by atoms with Crippen molar-refractivity contribution < 1.29 is 4.39 Å². The Balaban J connectivity index is 2.77. The normalized spacial score (nSPS) is 12.1. The summed E-state index contributed by atoms with van der Waals surface area (Å²) in [5, 5.41) is 0. The molecular formula is C10H10FN. The number of halogens is 1. The first-order valence-corrected chi connectivity index (χ1v) is 3.69. The van der Waals surface area contributed by atoms with Crippen molar-refractivity contribution in [1.82, 2.24) is 0 Å². The lowest BCUT2D eigenvalue weighted by Gasteiger charge is -2.04. The lowest BCUT2D eigenvalue weighted by molar-refractivity contribution is 0.604. The zero-order valence-corrected chi connectivity index (χ0v) is 6.63. The van der Waals surface area contributed by atoms with Gasteiger partial charge in [-0.3, -0.25) is 0 Å². The Morgan fingerprint density at radius 2 is 2.17 bits per heavy atom. The Bertz CT molecular complexity index is 301. The summed E-state index contributed by atoms with van der Waals surface area (Å²) < 4.78 is 13.0. The van der Waals surface area contributed by atoms with Crippen LogP contribution in [0.2, 0.25) is 0 Å². The minimum absolute atomic E-state index is 0.247. The molecule has 0 amide bonds. The number of benzene rings is 1. The number of terminal acetylenes is 1. The summed E-state index contributed by atoms with van der Waals surface area (Å²) >= 11 is 0. The van der Waals surface area contributed by atoms with E-state index in [2.05, 4.69) is 5.92 Å². The molecule has 1 nitrogen and oxygen atoms in total. The average Bonchev–Trinajstić information content (AvgIpc) is 2.09. The quantitative estimate of drug-likeness (QED) is 0.654. The molecule has 0 fully saturated rings. The van der Waals surface area contributed by atoms with E-state index in [0.29, 0.717) is 12.0 Å². The molecule has 62 valence electrons. The van der Waals surface area contributed by atoms with Crippen LogP contribution in [0.4, 0.5) is 4.39 Å². The van der Waals surface area contributed by atoms with Gasteiger partial charge in [0, 0.05) is 6.42 Å². The molecule has 0 aromatic heterocycles. The first kappa shape index (κ1) is 8.76. The SMILES string of the molecule is C#CC(N)Cc1ccccc1F. The molecule has 2 N–H and O–H groups in total. The fourth-order valence-electron chi connectivity index (χ4n) is 0.960. The van der Waals surface area contributed by atoms with Crippen molar-refractivity contribution in [3.63, 3.8) is 0 Å². The number of nitrogens with two attached hydrogens (primary N) is 1. The molecule has 2 heteroatoms. The van der Waals surface area contributed by atoms with Gasteiger partial charge in [0.05, 0.1) is 6.04 Å². The highest BCUT2D eigenvalue weighted by molar-refractivity contribution is 5.20. The average molecular weight is 163 g/mol. The van der Waals surface area contributed by atoms with Gasteiger partial charge >= 0.3 is 0 Å². The van der Waals surface area contributed by atoms with Gasteiger partial charge in [0.1, 0.15) is 5.82 Å². The molecule has 0 aliphatic heterocycles. The smallest absolute Gasteiger partial charge is 0.126 e. The first-order valence-electron chi connectivity index (χ1n) is 3.69. The van der Waals surface area contributed by atoms with Crippen LogP contribution in [0.3, 0.4) is 0 Å². The molecule has 0 radical (unpaired) electrons. The molecule has 1 atom stereocenters. The van der Waals surface area contributed by atoms with Crippen LogP contribution in [0.25, 0.3) is 0 Å². The maximum Gasteiger partial charge on any atom is 0.126 e. The van der Waals surface area contributed by atoms with Gasteiger partial charge in [-0.2, -0.15) is 0 Å². The van der Waals surface area contributed by atoms with Crippen LogP contribution in [0, 0.1) is 18.2 Å². The molecule has 12 heavy (non-hydrogen) atoms. The molecule has 0 bridgehead atoms. The molecule has 0 saturated heterocycles. The monoisotopic (exact) mass is 163 g/mol. The second-order valence-corrected chi connectivity index (χ2v) is 2.57. The van der Waals surface area contributed by atoms with Gasteiger partial charge in [-0.1, -0.05) is 24.1 Å². The molecule has 0 saturated carbocycles. The molecule has 0 heterocycles. The van der Waals surface area contributed by atoms with Crippen molar-refractivity contribution in [2.75, 3.05) is 0 Å².